The van der Waals surface area contributed by atoms with Crippen LogP contribution in [0.3, 0.4) is 0 Å². The van der Waals surface area contributed by atoms with E-state index in [4.69, 9.17) is 16.7 Å². The Morgan fingerprint density at radius 1 is 1.42 bits per heavy atom. The smallest absolute Gasteiger partial charge is 0.315 e. The highest BCUT2D eigenvalue weighted by Gasteiger charge is 2.13. The van der Waals surface area contributed by atoms with Crippen LogP contribution in [0.1, 0.15) is 19.4 Å². The summed E-state index contributed by atoms with van der Waals surface area (Å²) < 4.78 is 0. The van der Waals surface area contributed by atoms with Crippen LogP contribution in [0.4, 0.5) is 4.79 Å². The summed E-state index contributed by atoms with van der Waals surface area (Å²) in [5.74, 6) is 0.0404. The van der Waals surface area contributed by atoms with Gasteiger partial charge in [-0.2, -0.15) is 0 Å². The second-order valence-electron chi connectivity index (χ2n) is 4.73. The van der Waals surface area contributed by atoms with Gasteiger partial charge in [0.05, 0.1) is 0 Å². The molecule has 3 N–H and O–H groups in total. The van der Waals surface area contributed by atoms with Crippen LogP contribution >= 0.6 is 11.6 Å². The first-order chi connectivity index (χ1) is 9.02. The minimum atomic E-state index is -0.213. The Hall–Kier alpha value is -1.26. The van der Waals surface area contributed by atoms with Crippen molar-refractivity contribution in [3.05, 3.63) is 34.9 Å². The molecule has 0 fully saturated rings. The molecule has 5 heteroatoms. The predicted octanol–water partition coefficient (Wildman–Crippen LogP) is 2.20. The highest BCUT2D eigenvalue weighted by atomic mass is 35.5. The van der Waals surface area contributed by atoms with Gasteiger partial charge in [0.1, 0.15) is 0 Å². The molecule has 2 atom stereocenters. The third kappa shape index (κ3) is 5.94. The summed E-state index contributed by atoms with van der Waals surface area (Å²) in [5.41, 5.74) is 1.09. The molecule has 1 aromatic rings. The van der Waals surface area contributed by atoms with Crippen molar-refractivity contribution in [2.75, 3.05) is 13.2 Å². The summed E-state index contributed by atoms with van der Waals surface area (Å²) in [5, 5.41) is 15.3. The van der Waals surface area contributed by atoms with Crippen molar-refractivity contribution in [2.45, 2.75) is 26.3 Å². The number of carbonyl (C=O) groups is 1. The Kier molecular flexibility index (Phi) is 6.67. The minimum Gasteiger partial charge on any atom is -0.396 e. The molecule has 2 unspecified atom stereocenters. The van der Waals surface area contributed by atoms with E-state index in [0.717, 1.165) is 12.0 Å². The van der Waals surface area contributed by atoms with Crippen molar-refractivity contribution in [3.63, 3.8) is 0 Å². The average Bonchev–Trinajstić information content (AvgIpc) is 2.37. The molecular formula is C14H21ClN2O2. The zero-order valence-corrected chi connectivity index (χ0v) is 12.1. The molecule has 0 aliphatic heterocycles. The maximum atomic E-state index is 11.6. The maximum absolute atomic E-state index is 11.6. The van der Waals surface area contributed by atoms with Crippen LogP contribution in [0.2, 0.25) is 5.02 Å². The van der Waals surface area contributed by atoms with Gasteiger partial charge in [-0.1, -0.05) is 30.7 Å². The lowest BCUT2D eigenvalue weighted by Crippen LogP contribution is -2.44. The third-order valence-corrected chi connectivity index (χ3v) is 3.32. The summed E-state index contributed by atoms with van der Waals surface area (Å²) in [6, 6.07) is 7.30. The number of nitrogens with one attached hydrogen (secondary N) is 2. The molecule has 0 radical (unpaired) electrons. The summed E-state index contributed by atoms with van der Waals surface area (Å²) in [6.07, 6.45) is 0.734. The molecule has 19 heavy (non-hydrogen) atoms. The van der Waals surface area contributed by atoms with Crippen LogP contribution in [0, 0.1) is 5.92 Å². The fourth-order valence-corrected chi connectivity index (χ4v) is 1.78. The zero-order chi connectivity index (χ0) is 14.3. The Balaban J connectivity index is 2.27. The number of rotatable bonds is 6. The number of hydrogen-bond acceptors (Lipinski definition) is 2. The summed E-state index contributed by atoms with van der Waals surface area (Å²) in [4.78, 5) is 11.6. The topological polar surface area (TPSA) is 61.4 Å². The quantitative estimate of drug-likeness (QED) is 0.750. The fraction of sp³-hybridized carbons (Fsp3) is 0.500. The highest BCUT2D eigenvalue weighted by molar-refractivity contribution is 6.30. The first-order valence-electron chi connectivity index (χ1n) is 6.42. The van der Waals surface area contributed by atoms with Crippen molar-refractivity contribution < 1.29 is 9.90 Å². The van der Waals surface area contributed by atoms with Gasteiger partial charge in [0.2, 0.25) is 0 Å². The Morgan fingerprint density at radius 2 is 2.16 bits per heavy atom. The molecule has 4 nitrogen and oxygen atoms in total. The normalized spacial score (nSPS) is 13.7. The van der Waals surface area contributed by atoms with E-state index in [9.17, 15) is 4.79 Å². The first kappa shape index (κ1) is 15.8. The molecule has 0 aliphatic carbocycles. The lowest BCUT2D eigenvalue weighted by molar-refractivity contribution is 0.200. The van der Waals surface area contributed by atoms with Crippen LogP contribution < -0.4 is 10.6 Å². The van der Waals surface area contributed by atoms with Crippen molar-refractivity contribution >= 4 is 17.6 Å². The minimum absolute atomic E-state index is 0.0404. The number of amides is 2. The van der Waals surface area contributed by atoms with Crippen LogP contribution in [0.25, 0.3) is 0 Å². The second kappa shape index (κ2) is 8.02. The van der Waals surface area contributed by atoms with Gasteiger partial charge in [0, 0.05) is 24.2 Å². The van der Waals surface area contributed by atoms with E-state index in [1.807, 2.05) is 38.1 Å². The number of carbonyl (C=O) groups excluding carboxylic acids is 1. The van der Waals surface area contributed by atoms with Crippen LogP contribution in [-0.4, -0.2) is 30.3 Å². The average molecular weight is 285 g/mol. The Morgan fingerprint density at radius 3 is 2.79 bits per heavy atom. The molecular weight excluding hydrogens is 264 g/mol. The van der Waals surface area contributed by atoms with Gasteiger partial charge in [-0.3, -0.25) is 0 Å². The first-order valence-corrected chi connectivity index (χ1v) is 6.80. The van der Waals surface area contributed by atoms with Crippen molar-refractivity contribution in [1.82, 2.24) is 10.6 Å². The van der Waals surface area contributed by atoms with Gasteiger partial charge in [0.25, 0.3) is 0 Å². The molecule has 1 aromatic carbocycles. The molecule has 0 aromatic heterocycles. The van der Waals surface area contributed by atoms with Crippen LogP contribution in [0.15, 0.2) is 24.3 Å². The molecule has 2 amide bonds. The number of benzene rings is 1. The van der Waals surface area contributed by atoms with Crippen LogP contribution in [0.5, 0.6) is 0 Å². The lowest BCUT2D eigenvalue weighted by Gasteiger charge is -2.19. The van der Waals surface area contributed by atoms with E-state index in [1.165, 1.54) is 0 Å². The van der Waals surface area contributed by atoms with Gasteiger partial charge in [-0.25, -0.2) is 4.79 Å². The number of hydrogen-bond donors (Lipinski definition) is 3. The summed E-state index contributed by atoms with van der Waals surface area (Å²) in [7, 11) is 0. The summed E-state index contributed by atoms with van der Waals surface area (Å²) >= 11 is 5.88. The highest BCUT2D eigenvalue weighted by Crippen LogP contribution is 2.10. The van der Waals surface area contributed by atoms with Crippen LogP contribution in [-0.2, 0) is 6.42 Å². The Bertz CT molecular complexity index is 412. The monoisotopic (exact) mass is 284 g/mol. The van der Waals surface area contributed by atoms with E-state index in [2.05, 4.69) is 10.6 Å². The standard InChI is InChI=1S/C14H21ClN2O2/c1-10(9-18)11(2)17-14(19)16-7-6-12-4-3-5-13(15)8-12/h3-5,8,10-11,18H,6-7,9H2,1-2H3,(H2,16,17,19). The molecule has 0 spiro atoms. The van der Waals surface area contributed by atoms with E-state index < -0.39 is 0 Å². The zero-order valence-electron chi connectivity index (χ0n) is 11.3. The fourth-order valence-electron chi connectivity index (χ4n) is 1.57. The number of halogens is 1. The molecule has 0 saturated carbocycles. The molecule has 0 saturated heterocycles. The lowest BCUT2D eigenvalue weighted by atomic mass is 10.1. The largest absolute Gasteiger partial charge is 0.396 e. The molecule has 1 rings (SSSR count). The summed E-state index contributed by atoms with van der Waals surface area (Å²) in [6.45, 7) is 4.37. The second-order valence-corrected chi connectivity index (χ2v) is 5.17. The molecule has 0 aliphatic rings. The maximum Gasteiger partial charge on any atom is 0.315 e. The van der Waals surface area contributed by atoms with E-state index in [-0.39, 0.29) is 24.6 Å². The molecule has 106 valence electrons. The Labute approximate surface area is 119 Å². The third-order valence-electron chi connectivity index (χ3n) is 3.09. The van der Waals surface area contributed by atoms with Gasteiger partial charge < -0.3 is 15.7 Å². The molecule has 0 heterocycles. The van der Waals surface area contributed by atoms with E-state index in [1.54, 1.807) is 0 Å². The van der Waals surface area contributed by atoms with Gasteiger partial charge in [0.15, 0.2) is 0 Å². The van der Waals surface area contributed by atoms with E-state index in [0.29, 0.717) is 11.6 Å². The van der Waals surface area contributed by atoms with Gasteiger partial charge >= 0.3 is 6.03 Å². The number of urea groups is 1. The SMILES string of the molecule is CC(CO)C(C)NC(=O)NCCc1cccc(Cl)c1. The van der Waals surface area contributed by atoms with E-state index >= 15 is 0 Å². The van der Waals surface area contributed by atoms with Crippen molar-refractivity contribution in [3.8, 4) is 0 Å². The van der Waals surface area contributed by atoms with Gasteiger partial charge in [-0.15, -0.1) is 0 Å². The van der Waals surface area contributed by atoms with Crippen molar-refractivity contribution in [2.24, 2.45) is 5.92 Å². The van der Waals surface area contributed by atoms with Crippen molar-refractivity contribution in [1.29, 1.82) is 0 Å². The number of aliphatic hydroxyl groups is 1. The predicted molar refractivity (Wildman–Crippen MR) is 77.4 cm³/mol. The van der Waals surface area contributed by atoms with Gasteiger partial charge in [-0.05, 0) is 37.0 Å². The molecule has 0 bridgehead atoms. The number of aliphatic hydroxyl groups excluding tert-OH is 1.